The maximum Gasteiger partial charge on any atom is 0.416 e. The van der Waals surface area contributed by atoms with Gasteiger partial charge in [0.15, 0.2) is 0 Å². The molecule has 1 N–H and O–H groups in total. The lowest BCUT2D eigenvalue weighted by Crippen LogP contribution is -2.17. The molecule has 0 aliphatic rings. The molecule has 6 heteroatoms. The van der Waals surface area contributed by atoms with Crippen LogP contribution in [0, 0.1) is 0 Å². The molecule has 21 heavy (non-hydrogen) atoms. The Bertz CT molecular complexity index is 627. The van der Waals surface area contributed by atoms with Crippen LogP contribution in [0.2, 0.25) is 10.0 Å². The average Bonchev–Trinajstić information content (AvgIpc) is 2.43. The topological polar surface area (TPSA) is 12.0 Å². The maximum atomic E-state index is 12.8. The predicted molar refractivity (Wildman–Crippen MR) is 78.4 cm³/mol. The van der Waals surface area contributed by atoms with E-state index in [4.69, 9.17) is 23.2 Å². The van der Waals surface area contributed by atoms with E-state index in [0.717, 1.165) is 11.6 Å². The smallest absolute Gasteiger partial charge is 0.309 e. The zero-order chi connectivity index (χ0) is 15.5. The van der Waals surface area contributed by atoms with Crippen molar-refractivity contribution in [2.75, 3.05) is 0 Å². The standard InChI is InChI=1S/C15H12Cl2F3N/c16-13-7-3-5-11(14(13)17)9-21-8-10-4-1-2-6-12(10)15(18,19)20/h1-7,21H,8-9H2. The first-order valence-electron chi connectivity index (χ1n) is 6.18. The summed E-state index contributed by atoms with van der Waals surface area (Å²) in [4.78, 5) is 0. The number of nitrogens with one attached hydrogen (secondary N) is 1. The van der Waals surface area contributed by atoms with E-state index < -0.39 is 11.7 Å². The highest BCUT2D eigenvalue weighted by atomic mass is 35.5. The van der Waals surface area contributed by atoms with Gasteiger partial charge in [-0.15, -0.1) is 0 Å². The van der Waals surface area contributed by atoms with Gasteiger partial charge in [-0.25, -0.2) is 0 Å². The highest BCUT2D eigenvalue weighted by molar-refractivity contribution is 6.42. The molecule has 0 bridgehead atoms. The average molecular weight is 334 g/mol. The van der Waals surface area contributed by atoms with Crippen molar-refractivity contribution in [2.45, 2.75) is 19.3 Å². The first kappa shape index (κ1) is 16.1. The van der Waals surface area contributed by atoms with Gasteiger partial charge in [0.25, 0.3) is 0 Å². The van der Waals surface area contributed by atoms with Crippen molar-refractivity contribution in [2.24, 2.45) is 0 Å². The Hall–Kier alpha value is -1.23. The monoisotopic (exact) mass is 333 g/mol. The van der Waals surface area contributed by atoms with Crippen LogP contribution in [0.4, 0.5) is 13.2 Å². The van der Waals surface area contributed by atoms with Gasteiger partial charge in [0.05, 0.1) is 15.6 Å². The van der Waals surface area contributed by atoms with Crippen molar-refractivity contribution in [1.82, 2.24) is 5.32 Å². The van der Waals surface area contributed by atoms with E-state index in [1.807, 2.05) is 0 Å². The first-order valence-corrected chi connectivity index (χ1v) is 6.94. The van der Waals surface area contributed by atoms with Crippen molar-refractivity contribution in [3.05, 3.63) is 69.2 Å². The second-order valence-corrected chi connectivity index (χ2v) is 5.26. The fourth-order valence-corrected chi connectivity index (χ4v) is 2.35. The van der Waals surface area contributed by atoms with Gasteiger partial charge in [-0.2, -0.15) is 13.2 Å². The van der Waals surface area contributed by atoms with Crippen LogP contribution in [0.25, 0.3) is 0 Å². The number of hydrogen-bond donors (Lipinski definition) is 1. The van der Waals surface area contributed by atoms with Gasteiger partial charge in [-0.1, -0.05) is 53.5 Å². The molecule has 0 aliphatic heterocycles. The van der Waals surface area contributed by atoms with Gasteiger partial charge in [0.2, 0.25) is 0 Å². The van der Waals surface area contributed by atoms with E-state index in [-0.39, 0.29) is 12.1 Å². The third-order valence-corrected chi connectivity index (χ3v) is 3.84. The molecule has 0 aromatic heterocycles. The van der Waals surface area contributed by atoms with Crippen LogP contribution in [0.5, 0.6) is 0 Å². The molecule has 0 fully saturated rings. The van der Waals surface area contributed by atoms with Gasteiger partial charge >= 0.3 is 6.18 Å². The Morgan fingerprint density at radius 3 is 2.19 bits per heavy atom. The molecule has 0 spiro atoms. The third kappa shape index (κ3) is 4.13. The molecular formula is C15H12Cl2F3N. The normalized spacial score (nSPS) is 11.7. The Kier molecular flexibility index (Phi) is 5.14. The second-order valence-electron chi connectivity index (χ2n) is 4.47. The molecule has 0 atom stereocenters. The summed E-state index contributed by atoms with van der Waals surface area (Å²) in [5.41, 5.74) is 0.312. The van der Waals surface area contributed by atoms with Crippen molar-refractivity contribution in [3.8, 4) is 0 Å². The SMILES string of the molecule is FC(F)(F)c1ccccc1CNCc1cccc(Cl)c1Cl. The van der Waals surface area contributed by atoms with Crippen LogP contribution in [0.3, 0.4) is 0 Å². The molecule has 0 heterocycles. The van der Waals surface area contributed by atoms with E-state index in [9.17, 15) is 13.2 Å². The Morgan fingerprint density at radius 2 is 1.48 bits per heavy atom. The van der Waals surface area contributed by atoms with Gasteiger partial charge in [0, 0.05) is 13.1 Å². The zero-order valence-electron chi connectivity index (χ0n) is 10.8. The molecule has 1 nitrogen and oxygen atoms in total. The van der Waals surface area contributed by atoms with Crippen molar-refractivity contribution < 1.29 is 13.2 Å². The van der Waals surface area contributed by atoms with Gasteiger partial charge < -0.3 is 5.32 Å². The minimum atomic E-state index is -4.36. The van der Waals surface area contributed by atoms with E-state index >= 15 is 0 Å². The Labute approximate surface area is 130 Å². The summed E-state index contributed by atoms with van der Waals surface area (Å²) in [5, 5.41) is 3.79. The summed E-state index contributed by atoms with van der Waals surface area (Å²) in [6, 6.07) is 10.7. The molecule has 0 unspecified atom stereocenters. The highest BCUT2D eigenvalue weighted by Gasteiger charge is 2.32. The lowest BCUT2D eigenvalue weighted by Gasteiger charge is -2.13. The minimum absolute atomic E-state index is 0.0958. The number of halogens is 5. The summed E-state index contributed by atoms with van der Waals surface area (Å²) in [6.07, 6.45) is -4.36. The van der Waals surface area contributed by atoms with Gasteiger partial charge in [-0.05, 0) is 23.3 Å². The molecule has 0 saturated carbocycles. The van der Waals surface area contributed by atoms with Crippen molar-refractivity contribution in [3.63, 3.8) is 0 Å². The summed E-state index contributed by atoms with van der Waals surface area (Å²) in [7, 11) is 0. The third-order valence-electron chi connectivity index (χ3n) is 2.99. The Morgan fingerprint density at radius 1 is 0.857 bits per heavy atom. The van der Waals surface area contributed by atoms with E-state index in [1.54, 1.807) is 24.3 Å². The molecule has 2 aromatic carbocycles. The van der Waals surface area contributed by atoms with Crippen molar-refractivity contribution in [1.29, 1.82) is 0 Å². The number of benzene rings is 2. The number of hydrogen-bond acceptors (Lipinski definition) is 1. The maximum absolute atomic E-state index is 12.8. The highest BCUT2D eigenvalue weighted by Crippen LogP contribution is 2.32. The second kappa shape index (κ2) is 6.69. The molecule has 0 radical (unpaired) electrons. The molecule has 0 aliphatic carbocycles. The van der Waals surface area contributed by atoms with Crippen LogP contribution in [-0.4, -0.2) is 0 Å². The molecular weight excluding hydrogens is 322 g/mol. The largest absolute Gasteiger partial charge is 0.416 e. The van der Waals surface area contributed by atoms with Crippen LogP contribution in [0.1, 0.15) is 16.7 Å². The van der Waals surface area contributed by atoms with Gasteiger partial charge in [-0.3, -0.25) is 0 Å². The lowest BCUT2D eigenvalue weighted by atomic mass is 10.1. The molecule has 2 aromatic rings. The number of alkyl halides is 3. The summed E-state index contributed by atoms with van der Waals surface area (Å²) >= 11 is 11.9. The van der Waals surface area contributed by atoms with Gasteiger partial charge in [0.1, 0.15) is 0 Å². The van der Waals surface area contributed by atoms with Crippen LogP contribution in [-0.2, 0) is 19.3 Å². The van der Waals surface area contributed by atoms with Crippen molar-refractivity contribution >= 4 is 23.2 Å². The minimum Gasteiger partial charge on any atom is -0.309 e. The summed E-state index contributed by atoms with van der Waals surface area (Å²) in [6.45, 7) is 0.435. The number of rotatable bonds is 4. The quantitative estimate of drug-likeness (QED) is 0.800. The van der Waals surface area contributed by atoms with E-state index in [1.165, 1.54) is 12.1 Å². The Balaban J connectivity index is 2.06. The van der Waals surface area contributed by atoms with Crippen LogP contribution >= 0.6 is 23.2 Å². The fourth-order valence-electron chi connectivity index (χ4n) is 1.97. The summed E-state index contributed by atoms with van der Waals surface area (Å²) in [5.74, 6) is 0. The molecule has 0 saturated heterocycles. The van der Waals surface area contributed by atoms with E-state index in [2.05, 4.69) is 5.32 Å². The molecule has 112 valence electrons. The summed E-state index contributed by atoms with van der Waals surface area (Å²) < 4.78 is 38.5. The lowest BCUT2D eigenvalue weighted by molar-refractivity contribution is -0.138. The molecule has 0 amide bonds. The fraction of sp³-hybridized carbons (Fsp3) is 0.200. The predicted octanol–water partition coefficient (Wildman–Crippen LogP) is 5.30. The van der Waals surface area contributed by atoms with Crippen LogP contribution in [0.15, 0.2) is 42.5 Å². The molecule has 2 rings (SSSR count). The first-order chi connectivity index (χ1) is 9.89. The zero-order valence-corrected chi connectivity index (χ0v) is 12.4. The van der Waals surface area contributed by atoms with E-state index in [0.29, 0.717) is 16.6 Å². The van der Waals surface area contributed by atoms with Crippen LogP contribution < -0.4 is 5.32 Å².